The highest BCUT2D eigenvalue weighted by Crippen LogP contribution is 2.39. The first-order valence-electron chi connectivity index (χ1n) is 6.44. The summed E-state index contributed by atoms with van der Waals surface area (Å²) in [7, 11) is 0. The van der Waals surface area contributed by atoms with Gasteiger partial charge in [-0.3, -0.25) is 9.89 Å². The number of aromatic nitrogens is 3. The minimum Gasteiger partial charge on any atom is -0.276 e. The van der Waals surface area contributed by atoms with Crippen molar-refractivity contribution in [1.82, 2.24) is 14.6 Å². The molecule has 0 radical (unpaired) electrons. The first-order valence-corrected chi connectivity index (χ1v) is 6.44. The molecule has 2 saturated carbocycles. The number of hydrogen-bond acceptors (Lipinski definition) is 2. The van der Waals surface area contributed by atoms with Crippen LogP contribution in [0.3, 0.4) is 0 Å². The average Bonchev–Trinajstić information content (AvgIpc) is 2.97. The van der Waals surface area contributed by atoms with Gasteiger partial charge in [0.05, 0.1) is 0 Å². The fraction of sp³-hybridized carbons (Fsp3) is 0.538. The summed E-state index contributed by atoms with van der Waals surface area (Å²) in [6.45, 7) is 0. The molecule has 0 bridgehead atoms. The van der Waals surface area contributed by atoms with E-state index in [4.69, 9.17) is 0 Å². The lowest BCUT2D eigenvalue weighted by atomic mass is 9.80. The Morgan fingerprint density at radius 3 is 2.65 bits per heavy atom. The van der Waals surface area contributed by atoms with Crippen molar-refractivity contribution >= 4 is 5.65 Å². The second-order valence-electron chi connectivity index (χ2n) is 5.33. The molecular formula is C13H15N3O. The van der Waals surface area contributed by atoms with Crippen LogP contribution in [0.5, 0.6) is 0 Å². The summed E-state index contributed by atoms with van der Waals surface area (Å²) in [5.74, 6) is 2.13. The zero-order valence-corrected chi connectivity index (χ0v) is 9.65. The van der Waals surface area contributed by atoms with Gasteiger partial charge in [-0.05, 0) is 43.2 Å². The number of nitrogens with zero attached hydrogens (tertiary/aromatic N) is 2. The van der Waals surface area contributed by atoms with Gasteiger partial charge < -0.3 is 0 Å². The van der Waals surface area contributed by atoms with Gasteiger partial charge in [0.1, 0.15) is 5.82 Å². The molecule has 0 unspecified atom stereocenters. The predicted molar refractivity (Wildman–Crippen MR) is 64.4 cm³/mol. The average molecular weight is 229 g/mol. The van der Waals surface area contributed by atoms with E-state index in [1.807, 2.05) is 0 Å². The fourth-order valence-corrected chi connectivity index (χ4v) is 2.55. The molecule has 17 heavy (non-hydrogen) atoms. The Hall–Kier alpha value is -1.58. The summed E-state index contributed by atoms with van der Waals surface area (Å²) < 4.78 is 1.58. The van der Waals surface area contributed by atoms with Gasteiger partial charge in [0.25, 0.3) is 5.56 Å². The summed E-state index contributed by atoms with van der Waals surface area (Å²) in [5.41, 5.74) is 2.00. The van der Waals surface area contributed by atoms with Crippen LogP contribution in [-0.2, 0) is 0 Å². The van der Waals surface area contributed by atoms with E-state index >= 15 is 0 Å². The lowest BCUT2D eigenvalue weighted by molar-refractivity contribution is 0.419. The van der Waals surface area contributed by atoms with Crippen molar-refractivity contribution < 1.29 is 0 Å². The third kappa shape index (κ3) is 1.43. The second kappa shape index (κ2) is 3.22. The van der Waals surface area contributed by atoms with Gasteiger partial charge in [0.2, 0.25) is 0 Å². The number of fused-ring (bicyclic) bond motifs is 1. The molecule has 2 aromatic rings. The van der Waals surface area contributed by atoms with Crippen LogP contribution >= 0.6 is 0 Å². The normalized spacial score (nSPS) is 20.7. The van der Waals surface area contributed by atoms with E-state index in [1.54, 1.807) is 10.6 Å². The Kier molecular flexibility index (Phi) is 1.79. The standard InChI is InChI=1S/C13H15N3O/c17-12-7-10(8-2-1-3-8)6-11-14-13(9-4-5-9)15-16(11)12/h6-9H,1-5H2,(H,14,15). The smallest absolute Gasteiger partial charge is 0.271 e. The quantitative estimate of drug-likeness (QED) is 0.858. The summed E-state index contributed by atoms with van der Waals surface area (Å²) in [6.07, 6.45) is 6.12. The van der Waals surface area contributed by atoms with Crippen LogP contribution in [0.15, 0.2) is 16.9 Å². The molecule has 4 heteroatoms. The molecule has 1 N–H and O–H groups in total. The number of pyridine rings is 1. The molecule has 4 nitrogen and oxygen atoms in total. The Balaban J connectivity index is 1.87. The van der Waals surface area contributed by atoms with Crippen molar-refractivity contribution in [1.29, 1.82) is 0 Å². The first kappa shape index (κ1) is 9.45. The summed E-state index contributed by atoms with van der Waals surface area (Å²) >= 11 is 0. The van der Waals surface area contributed by atoms with E-state index in [1.165, 1.54) is 37.7 Å². The Bertz CT molecular complexity index is 632. The minimum atomic E-state index is 0.0313. The van der Waals surface area contributed by atoms with Crippen molar-refractivity contribution in [3.8, 4) is 0 Å². The second-order valence-corrected chi connectivity index (χ2v) is 5.33. The molecule has 0 aliphatic heterocycles. The Morgan fingerprint density at radius 1 is 1.18 bits per heavy atom. The van der Waals surface area contributed by atoms with Crippen LogP contribution in [0.1, 0.15) is 55.3 Å². The molecule has 4 rings (SSSR count). The number of rotatable bonds is 2. The van der Waals surface area contributed by atoms with Gasteiger partial charge >= 0.3 is 0 Å². The number of aromatic amines is 1. The zero-order valence-electron chi connectivity index (χ0n) is 9.65. The maximum absolute atomic E-state index is 12.0. The molecular weight excluding hydrogens is 214 g/mol. The van der Waals surface area contributed by atoms with Gasteiger partial charge in [-0.15, -0.1) is 0 Å². The summed E-state index contributed by atoms with van der Waals surface area (Å²) in [4.78, 5) is 16.5. The van der Waals surface area contributed by atoms with Crippen molar-refractivity contribution in [2.75, 3.05) is 0 Å². The van der Waals surface area contributed by atoms with Crippen LogP contribution in [0, 0.1) is 0 Å². The third-order valence-electron chi connectivity index (χ3n) is 4.04. The van der Waals surface area contributed by atoms with Gasteiger partial charge in [-0.1, -0.05) is 6.42 Å². The van der Waals surface area contributed by atoms with Crippen molar-refractivity contribution in [3.63, 3.8) is 0 Å². The largest absolute Gasteiger partial charge is 0.276 e. The highest BCUT2D eigenvalue weighted by molar-refractivity contribution is 5.42. The maximum Gasteiger partial charge on any atom is 0.271 e. The van der Waals surface area contributed by atoms with E-state index in [9.17, 15) is 4.79 Å². The first-order chi connectivity index (χ1) is 8.31. The monoisotopic (exact) mass is 229 g/mol. The van der Waals surface area contributed by atoms with E-state index < -0.39 is 0 Å². The zero-order chi connectivity index (χ0) is 11.4. The fourth-order valence-electron chi connectivity index (χ4n) is 2.55. The molecule has 2 aliphatic rings. The maximum atomic E-state index is 12.0. The number of hydrogen-bond donors (Lipinski definition) is 1. The Morgan fingerprint density at radius 2 is 2.00 bits per heavy atom. The van der Waals surface area contributed by atoms with Gasteiger partial charge in [-0.2, -0.15) is 0 Å². The molecule has 88 valence electrons. The lowest BCUT2D eigenvalue weighted by Crippen LogP contribution is -2.17. The number of H-pyrrole nitrogens is 1. The van der Waals surface area contributed by atoms with Gasteiger partial charge in [0, 0.05) is 12.0 Å². The molecule has 2 fully saturated rings. The molecule has 0 amide bonds. The predicted octanol–water partition coefficient (Wildman–Crippen LogP) is 2.17. The van der Waals surface area contributed by atoms with Crippen LogP contribution < -0.4 is 5.56 Å². The molecule has 0 saturated heterocycles. The molecule has 2 aliphatic carbocycles. The Labute approximate surface area is 98.7 Å². The van der Waals surface area contributed by atoms with Crippen molar-refractivity contribution in [2.24, 2.45) is 0 Å². The van der Waals surface area contributed by atoms with Crippen LogP contribution in [-0.4, -0.2) is 14.6 Å². The van der Waals surface area contributed by atoms with Gasteiger partial charge in [0.15, 0.2) is 5.65 Å². The van der Waals surface area contributed by atoms with E-state index in [0.29, 0.717) is 11.8 Å². The summed E-state index contributed by atoms with van der Waals surface area (Å²) in [5, 5.41) is 3.12. The lowest BCUT2D eigenvalue weighted by Gasteiger charge is -2.25. The van der Waals surface area contributed by atoms with Crippen molar-refractivity contribution in [3.05, 3.63) is 33.9 Å². The molecule has 0 aromatic carbocycles. The van der Waals surface area contributed by atoms with E-state index in [-0.39, 0.29) is 5.56 Å². The minimum absolute atomic E-state index is 0.0313. The molecule has 2 aromatic heterocycles. The highest BCUT2D eigenvalue weighted by atomic mass is 16.1. The molecule has 0 atom stereocenters. The summed E-state index contributed by atoms with van der Waals surface area (Å²) in [6, 6.07) is 3.85. The van der Waals surface area contributed by atoms with Gasteiger partial charge in [-0.25, -0.2) is 9.50 Å². The highest BCUT2D eigenvalue weighted by Gasteiger charge is 2.27. The molecule has 2 heterocycles. The van der Waals surface area contributed by atoms with Crippen LogP contribution in [0.2, 0.25) is 0 Å². The van der Waals surface area contributed by atoms with Crippen LogP contribution in [0.25, 0.3) is 5.65 Å². The molecule has 0 spiro atoms. The van der Waals surface area contributed by atoms with Crippen LogP contribution in [0.4, 0.5) is 0 Å². The van der Waals surface area contributed by atoms with E-state index in [0.717, 1.165) is 11.5 Å². The topological polar surface area (TPSA) is 50.2 Å². The van der Waals surface area contributed by atoms with Crippen molar-refractivity contribution in [2.45, 2.75) is 43.9 Å². The SMILES string of the molecule is O=c1cc(C2CCC2)cc2nc(C3CC3)[nH]n12. The number of nitrogens with one attached hydrogen (secondary N) is 1. The van der Waals surface area contributed by atoms with E-state index in [2.05, 4.69) is 16.1 Å². The third-order valence-corrected chi connectivity index (χ3v) is 4.04.